The number of thioether (sulfide) groups is 1. The third-order valence-corrected chi connectivity index (χ3v) is 5.24. The van der Waals surface area contributed by atoms with Crippen LogP contribution in [0, 0.1) is 11.6 Å². The first-order valence-corrected chi connectivity index (χ1v) is 8.79. The van der Waals surface area contributed by atoms with Gasteiger partial charge in [-0.15, -0.1) is 0 Å². The Balaban J connectivity index is 2.87. The molecule has 23 heavy (non-hydrogen) atoms. The first-order valence-electron chi connectivity index (χ1n) is 6.39. The Bertz CT molecular complexity index is 749. The fourth-order valence-corrected chi connectivity index (χ4v) is 2.92. The fraction of sp³-hybridized carbons (Fsp3) is 0.385. The molecular formula is C13H13BrClF2N3O2S. The molecule has 0 fully saturated rings. The first-order chi connectivity index (χ1) is 10.9. The van der Waals surface area contributed by atoms with Gasteiger partial charge in [-0.1, -0.05) is 23.4 Å². The zero-order valence-corrected chi connectivity index (χ0v) is 15.3. The molecule has 0 saturated heterocycles. The number of fused-ring (bicyclic) bond motifs is 1. The number of likely N-dealkylation sites (N-methyl/N-ethyl adjacent to an activating group) is 1. The van der Waals surface area contributed by atoms with Crippen molar-refractivity contribution in [1.82, 2.24) is 9.97 Å². The van der Waals surface area contributed by atoms with Crippen LogP contribution in [0.2, 0.25) is 5.02 Å². The lowest BCUT2D eigenvalue weighted by Gasteiger charge is -2.27. The van der Waals surface area contributed by atoms with Gasteiger partial charge in [0.1, 0.15) is 11.3 Å². The number of aliphatic hydroxyl groups excluding tert-OH is 2. The average Bonchev–Trinajstić information content (AvgIpc) is 2.57. The summed E-state index contributed by atoms with van der Waals surface area (Å²) >= 11 is 9.88. The van der Waals surface area contributed by atoms with Crippen molar-refractivity contribution in [2.45, 2.75) is 11.2 Å². The van der Waals surface area contributed by atoms with Gasteiger partial charge in [0.25, 0.3) is 0 Å². The van der Waals surface area contributed by atoms with E-state index in [1.165, 1.54) is 11.9 Å². The number of aliphatic hydroxyl groups is 2. The highest BCUT2D eigenvalue weighted by atomic mass is 79.9. The summed E-state index contributed by atoms with van der Waals surface area (Å²) in [5, 5.41) is 18.3. The molecule has 5 nitrogen and oxygen atoms in total. The number of halogens is 4. The van der Waals surface area contributed by atoms with Crippen LogP contribution in [0.4, 0.5) is 14.6 Å². The van der Waals surface area contributed by atoms with E-state index >= 15 is 0 Å². The smallest absolute Gasteiger partial charge is 0.189 e. The van der Waals surface area contributed by atoms with Gasteiger partial charge in [0.05, 0.1) is 34.1 Å². The van der Waals surface area contributed by atoms with Crippen molar-refractivity contribution < 1.29 is 19.0 Å². The Hall–Kier alpha value is -0.740. The SMILES string of the molecule is CSc1nc(N(C)C(CO)CO)c2c(F)c(Cl)c(Br)c(F)c2n1. The van der Waals surface area contributed by atoms with Crippen LogP contribution in [0.5, 0.6) is 0 Å². The molecule has 0 saturated carbocycles. The summed E-state index contributed by atoms with van der Waals surface area (Å²) in [4.78, 5) is 9.56. The van der Waals surface area contributed by atoms with E-state index in [1.807, 2.05) is 0 Å². The quantitative estimate of drug-likeness (QED) is 0.330. The molecule has 1 aromatic heterocycles. The molecule has 0 bridgehead atoms. The second-order valence-electron chi connectivity index (χ2n) is 4.64. The van der Waals surface area contributed by atoms with Gasteiger partial charge in [0.15, 0.2) is 16.8 Å². The van der Waals surface area contributed by atoms with Crippen LogP contribution in [0.3, 0.4) is 0 Å². The van der Waals surface area contributed by atoms with Crippen LogP contribution in [0.15, 0.2) is 9.63 Å². The topological polar surface area (TPSA) is 69.5 Å². The maximum absolute atomic E-state index is 14.6. The van der Waals surface area contributed by atoms with Crippen molar-refractivity contribution in [2.24, 2.45) is 0 Å². The van der Waals surface area contributed by atoms with Gasteiger partial charge in [-0.3, -0.25) is 0 Å². The Labute approximate surface area is 148 Å². The Morgan fingerprint density at radius 1 is 1.26 bits per heavy atom. The van der Waals surface area contributed by atoms with Gasteiger partial charge >= 0.3 is 0 Å². The van der Waals surface area contributed by atoms with Gasteiger partial charge in [-0.25, -0.2) is 18.7 Å². The molecule has 0 aliphatic rings. The maximum atomic E-state index is 14.6. The molecule has 0 aliphatic carbocycles. The number of benzene rings is 1. The predicted molar refractivity (Wildman–Crippen MR) is 90.3 cm³/mol. The zero-order valence-electron chi connectivity index (χ0n) is 12.1. The fourth-order valence-electron chi connectivity index (χ4n) is 2.02. The van der Waals surface area contributed by atoms with Gasteiger partial charge in [-0.2, -0.15) is 0 Å². The highest BCUT2D eigenvalue weighted by molar-refractivity contribution is 9.10. The lowest BCUT2D eigenvalue weighted by atomic mass is 10.2. The number of aromatic nitrogens is 2. The summed E-state index contributed by atoms with van der Waals surface area (Å²) in [7, 11) is 1.51. The molecule has 0 amide bonds. The van der Waals surface area contributed by atoms with E-state index in [0.717, 1.165) is 11.8 Å². The summed E-state index contributed by atoms with van der Waals surface area (Å²) in [6, 6.07) is -0.729. The standard InChI is InChI=1S/C13H13BrClF2N3O2S/c1-20(5(3-21)4-22)12-6-9(16)8(15)7(14)10(17)11(6)18-13(19-12)23-2/h5,21-22H,3-4H2,1-2H3. The van der Waals surface area contributed by atoms with E-state index in [1.54, 1.807) is 6.26 Å². The lowest BCUT2D eigenvalue weighted by molar-refractivity contribution is 0.190. The zero-order chi connectivity index (χ0) is 17.3. The highest BCUT2D eigenvalue weighted by Crippen LogP contribution is 2.39. The minimum Gasteiger partial charge on any atom is -0.394 e. The molecule has 10 heteroatoms. The molecular weight excluding hydrogens is 416 g/mol. The van der Waals surface area contributed by atoms with E-state index in [4.69, 9.17) is 11.6 Å². The molecule has 1 aromatic carbocycles. The van der Waals surface area contributed by atoms with Gasteiger partial charge in [-0.05, 0) is 22.2 Å². The third kappa shape index (κ3) is 3.25. The van der Waals surface area contributed by atoms with E-state index in [-0.39, 0.29) is 39.6 Å². The predicted octanol–water partition coefficient (Wildman–Crippen LogP) is 2.84. The molecule has 0 spiro atoms. The average molecular weight is 429 g/mol. The van der Waals surface area contributed by atoms with E-state index in [0.29, 0.717) is 0 Å². The number of hydrogen-bond donors (Lipinski definition) is 2. The summed E-state index contributed by atoms with van der Waals surface area (Å²) < 4.78 is 28.8. The maximum Gasteiger partial charge on any atom is 0.189 e. The molecule has 0 aliphatic heterocycles. The summed E-state index contributed by atoms with van der Waals surface area (Å²) in [5.41, 5.74) is -0.227. The Morgan fingerprint density at radius 2 is 1.87 bits per heavy atom. The molecule has 2 N–H and O–H groups in total. The van der Waals surface area contributed by atoms with Crippen LogP contribution in [0.25, 0.3) is 10.9 Å². The number of nitrogens with zero attached hydrogens (tertiary/aromatic N) is 3. The van der Waals surface area contributed by atoms with Crippen molar-refractivity contribution >= 4 is 56.0 Å². The molecule has 0 atom stereocenters. The van der Waals surface area contributed by atoms with Gasteiger partial charge in [0, 0.05) is 7.05 Å². The molecule has 1 heterocycles. The number of anilines is 1. The molecule has 2 rings (SSSR count). The van der Waals surface area contributed by atoms with Crippen LogP contribution in [0.1, 0.15) is 0 Å². The minimum atomic E-state index is -0.876. The third-order valence-electron chi connectivity index (χ3n) is 3.36. The highest BCUT2D eigenvalue weighted by Gasteiger charge is 2.26. The van der Waals surface area contributed by atoms with Crippen LogP contribution < -0.4 is 4.90 Å². The lowest BCUT2D eigenvalue weighted by Crippen LogP contribution is -2.38. The first kappa shape index (κ1) is 18.6. The normalized spacial score (nSPS) is 11.5. The van der Waals surface area contributed by atoms with Crippen molar-refractivity contribution in [3.63, 3.8) is 0 Å². The summed E-state index contributed by atoms with van der Waals surface area (Å²) in [6.45, 7) is -0.775. The monoisotopic (exact) mass is 427 g/mol. The molecule has 126 valence electrons. The second kappa shape index (κ2) is 7.43. The van der Waals surface area contributed by atoms with Crippen molar-refractivity contribution in [3.8, 4) is 0 Å². The Morgan fingerprint density at radius 3 is 2.39 bits per heavy atom. The second-order valence-corrected chi connectivity index (χ2v) is 6.59. The van der Waals surface area contributed by atoms with Crippen LogP contribution in [-0.2, 0) is 0 Å². The van der Waals surface area contributed by atoms with Crippen molar-refractivity contribution in [1.29, 1.82) is 0 Å². The number of rotatable bonds is 5. The summed E-state index contributed by atoms with van der Waals surface area (Å²) in [6.07, 6.45) is 1.69. The van der Waals surface area contributed by atoms with E-state index < -0.39 is 22.7 Å². The van der Waals surface area contributed by atoms with Gasteiger partial charge < -0.3 is 15.1 Å². The molecule has 0 radical (unpaired) electrons. The summed E-state index contributed by atoms with van der Waals surface area (Å²) in [5.74, 6) is -1.64. The van der Waals surface area contributed by atoms with E-state index in [2.05, 4.69) is 25.9 Å². The van der Waals surface area contributed by atoms with Gasteiger partial charge in [0.2, 0.25) is 0 Å². The molecule has 2 aromatic rings. The number of hydrogen-bond acceptors (Lipinski definition) is 6. The Kier molecular flexibility index (Phi) is 6.01. The largest absolute Gasteiger partial charge is 0.394 e. The van der Waals surface area contributed by atoms with Crippen molar-refractivity contribution in [2.75, 3.05) is 31.4 Å². The van der Waals surface area contributed by atoms with Crippen LogP contribution in [-0.4, -0.2) is 52.7 Å². The van der Waals surface area contributed by atoms with Crippen LogP contribution >= 0.6 is 39.3 Å². The van der Waals surface area contributed by atoms with E-state index in [9.17, 15) is 19.0 Å². The minimum absolute atomic E-state index is 0.0400. The van der Waals surface area contributed by atoms with Crippen molar-refractivity contribution in [3.05, 3.63) is 21.1 Å². The molecule has 0 unspecified atom stereocenters.